The second kappa shape index (κ2) is 25.4. The molecule has 0 bridgehead atoms. The van der Waals surface area contributed by atoms with Crippen LogP contribution < -0.4 is 14.6 Å². The van der Waals surface area contributed by atoms with E-state index in [0.717, 1.165) is 38.5 Å². The molecule has 0 unspecified atom stereocenters. The Kier molecular flexibility index (Phi) is 22.3. The van der Waals surface area contributed by atoms with Crippen LogP contribution in [0.15, 0.2) is 94.7 Å². The molecule has 0 aromatic heterocycles. The van der Waals surface area contributed by atoms with Crippen molar-refractivity contribution < 1.29 is 45.6 Å². The Morgan fingerprint density at radius 2 is 0.927 bits per heavy atom. The van der Waals surface area contributed by atoms with Crippen LogP contribution in [0.1, 0.15) is 115 Å². The van der Waals surface area contributed by atoms with E-state index in [-0.39, 0.29) is 59.0 Å². The molecule has 296 valence electrons. The summed E-state index contributed by atoms with van der Waals surface area (Å²) in [6, 6.07) is 21.1. The van der Waals surface area contributed by atoms with Gasteiger partial charge in [-0.1, -0.05) is 115 Å². The van der Waals surface area contributed by atoms with E-state index in [1.807, 2.05) is 0 Å². The SMILES string of the molecule is CCCCCCCCCc1c(Oc2ccc(O)cc2)cccc1S(=O)(=O)O.CCCCCCCCCc1c(Oc2ccc([O-])cc2)cccc1S(=O)(=O)[O-].[Ca+2]. The number of unbranched alkanes of at least 4 members (excludes halogenated alkanes) is 12. The minimum absolute atomic E-state index is 0. The molecule has 0 spiro atoms. The molecule has 4 aromatic carbocycles. The largest absolute Gasteiger partial charge is 2.00 e. The van der Waals surface area contributed by atoms with Crippen molar-refractivity contribution in [3.63, 3.8) is 0 Å². The molecule has 0 radical (unpaired) electrons. The molecular weight excluding hydrogens is 769 g/mol. The molecule has 0 saturated carbocycles. The summed E-state index contributed by atoms with van der Waals surface area (Å²) in [6.07, 6.45) is 16.4. The zero-order valence-electron chi connectivity index (χ0n) is 32.1. The zero-order valence-corrected chi connectivity index (χ0v) is 35.9. The molecule has 0 fully saturated rings. The Morgan fingerprint density at radius 1 is 0.545 bits per heavy atom. The van der Waals surface area contributed by atoms with Gasteiger partial charge in [0.15, 0.2) is 0 Å². The first-order valence-corrected chi connectivity index (χ1v) is 21.8. The fourth-order valence-electron chi connectivity index (χ4n) is 6.04. The van der Waals surface area contributed by atoms with Crippen LogP contribution in [0.3, 0.4) is 0 Å². The first kappa shape index (κ1) is 48.3. The van der Waals surface area contributed by atoms with Crippen LogP contribution in [0.25, 0.3) is 0 Å². The zero-order chi connectivity index (χ0) is 39.4. The predicted molar refractivity (Wildman–Crippen MR) is 214 cm³/mol. The summed E-state index contributed by atoms with van der Waals surface area (Å²) < 4.78 is 79.7. The van der Waals surface area contributed by atoms with Gasteiger partial charge in [0.1, 0.15) is 43.8 Å². The number of phenols is 1. The molecule has 13 heteroatoms. The van der Waals surface area contributed by atoms with E-state index in [1.54, 1.807) is 30.3 Å². The molecular formula is C42H54CaO10S2. The third-order valence-corrected chi connectivity index (χ3v) is 10.8. The van der Waals surface area contributed by atoms with Crippen molar-refractivity contribution in [2.45, 2.75) is 126 Å². The van der Waals surface area contributed by atoms with Crippen molar-refractivity contribution in [1.82, 2.24) is 0 Å². The monoisotopic (exact) mass is 822 g/mol. The molecule has 0 amide bonds. The maximum Gasteiger partial charge on any atom is 2.00 e. The van der Waals surface area contributed by atoms with Gasteiger partial charge in [-0.25, -0.2) is 8.42 Å². The van der Waals surface area contributed by atoms with E-state index < -0.39 is 20.2 Å². The van der Waals surface area contributed by atoms with Crippen molar-refractivity contribution in [2.75, 3.05) is 0 Å². The number of ether oxygens (including phenoxy) is 2. The molecule has 0 aliphatic carbocycles. The van der Waals surface area contributed by atoms with E-state index in [2.05, 4.69) is 13.8 Å². The van der Waals surface area contributed by atoms with Gasteiger partial charge in [-0.2, -0.15) is 8.42 Å². The van der Waals surface area contributed by atoms with Crippen molar-refractivity contribution in [2.24, 2.45) is 0 Å². The van der Waals surface area contributed by atoms with Gasteiger partial charge in [-0.3, -0.25) is 4.55 Å². The van der Waals surface area contributed by atoms with E-state index in [9.17, 15) is 36.2 Å². The van der Waals surface area contributed by atoms with E-state index in [0.29, 0.717) is 47.0 Å². The van der Waals surface area contributed by atoms with Gasteiger partial charge in [-0.05, 0) is 86.3 Å². The Hall–Kier alpha value is -2.84. The van der Waals surface area contributed by atoms with Gasteiger partial charge < -0.3 is 24.2 Å². The fraction of sp³-hybridized carbons (Fsp3) is 0.429. The van der Waals surface area contributed by atoms with Gasteiger partial charge in [-0.15, -0.1) is 5.75 Å². The predicted octanol–water partition coefficient (Wildman–Crippen LogP) is 10.1. The number of hydrogen-bond acceptors (Lipinski definition) is 9. The van der Waals surface area contributed by atoms with Crippen molar-refractivity contribution in [1.29, 1.82) is 0 Å². The van der Waals surface area contributed by atoms with Crippen LogP contribution in [-0.4, -0.2) is 68.8 Å². The van der Waals surface area contributed by atoms with Crippen LogP contribution >= 0.6 is 0 Å². The molecule has 2 N–H and O–H groups in total. The molecule has 4 aromatic rings. The van der Waals surface area contributed by atoms with Crippen LogP contribution in [0.5, 0.6) is 34.5 Å². The Labute approximate surface area is 357 Å². The van der Waals surface area contributed by atoms with E-state index in [4.69, 9.17) is 9.47 Å². The quantitative estimate of drug-likeness (QED) is 0.0441. The van der Waals surface area contributed by atoms with E-state index >= 15 is 0 Å². The molecule has 4 rings (SSSR count). The molecule has 10 nitrogen and oxygen atoms in total. The van der Waals surface area contributed by atoms with Crippen LogP contribution in [0, 0.1) is 0 Å². The van der Waals surface area contributed by atoms with Crippen molar-refractivity contribution in [3.8, 4) is 34.5 Å². The Morgan fingerprint density at radius 3 is 1.35 bits per heavy atom. The molecule has 0 aliphatic rings. The molecule has 0 atom stereocenters. The number of benzene rings is 4. The molecule has 0 saturated heterocycles. The number of phenolic OH excluding ortho intramolecular Hbond substituents is 1. The smallest absolute Gasteiger partial charge is 0.872 e. The summed E-state index contributed by atoms with van der Waals surface area (Å²) in [5.41, 5.74) is 0.897. The maximum atomic E-state index is 11.8. The Balaban J connectivity index is 0.000000373. The van der Waals surface area contributed by atoms with Gasteiger partial charge in [0, 0.05) is 11.1 Å². The van der Waals surface area contributed by atoms with Crippen LogP contribution in [-0.2, 0) is 33.1 Å². The maximum absolute atomic E-state index is 11.8. The minimum Gasteiger partial charge on any atom is -0.872 e. The molecule has 0 aliphatic heterocycles. The summed E-state index contributed by atoms with van der Waals surface area (Å²) in [6.45, 7) is 4.36. The Bertz CT molecular complexity index is 1770. The van der Waals surface area contributed by atoms with Gasteiger partial charge in [0.2, 0.25) is 0 Å². The molecule has 55 heavy (non-hydrogen) atoms. The first-order chi connectivity index (χ1) is 25.8. The standard InChI is InChI=1S/2C21H28O5S.Ca/c2*1-2-3-4-5-6-7-8-10-19-20(11-9-12-21(19)27(23,24)25)26-18-15-13-17(22)14-16-18;/h2*9,11-16,22H,2-8,10H2,1H3,(H,23,24,25);/q;;+2/p-2. The second-order valence-corrected chi connectivity index (χ2v) is 16.0. The van der Waals surface area contributed by atoms with Crippen LogP contribution in [0.4, 0.5) is 0 Å². The summed E-state index contributed by atoms with van der Waals surface area (Å²) in [5, 5.41) is 20.6. The van der Waals surface area contributed by atoms with Gasteiger partial charge >= 0.3 is 37.7 Å². The fourth-order valence-corrected chi connectivity index (χ4v) is 7.56. The summed E-state index contributed by atoms with van der Waals surface area (Å²) in [7, 11) is -8.92. The van der Waals surface area contributed by atoms with E-state index in [1.165, 1.54) is 106 Å². The molecule has 0 heterocycles. The van der Waals surface area contributed by atoms with Crippen molar-refractivity contribution in [3.05, 3.63) is 96.1 Å². The first-order valence-electron chi connectivity index (χ1n) is 18.9. The van der Waals surface area contributed by atoms with Crippen molar-refractivity contribution >= 4 is 58.0 Å². The minimum atomic E-state index is -4.59. The van der Waals surface area contributed by atoms with Gasteiger partial charge in [0.05, 0.1) is 4.90 Å². The summed E-state index contributed by atoms with van der Waals surface area (Å²) in [4.78, 5) is -0.337. The third-order valence-electron chi connectivity index (χ3n) is 8.90. The topological polar surface area (TPSA) is 173 Å². The number of rotatable bonds is 22. The van der Waals surface area contributed by atoms with Crippen LogP contribution in [0.2, 0.25) is 0 Å². The summed E-state index contributed by atoms with van der Waals surface area (Å²) in [5.74, 6) is 1.65. The normalized spacial score (nSPS) is 11.3. The number of aromatic hydroxyl groups is 1. The second-order valence-electron chi connectivity index (χ2n) is 13.3. The summed E-state index contributed by atoms with van der Waals surface area (Å²) >= 11 is 0. The number of hydrogen-bond donors (Lipinski definition) is 2. The average molecular weight is 823 g/mol. The van der Waals surface area contributed by atoms with Gasteiger partial charge in [0.25, 0.3) is 10.1 Å². The third kappa shape index (κ3) is 17.9. The average Bonchev–Trinajstić information content (AvgIpc) is 3.13.